The molecule has 0 aliphatic carbocycles. The lowest BCUT2D eigenvalue weighted by molar-refractivity contribution is -0.135. The summed E-state index contributed by atoms with van der Waals surface area (Å²) in [6, 6.07) is 12.9. The summed E-state index contributed by atoms with van der Waals surface area (Å²) >= 11 is 11.9. The molecule has 0 bridgehead atoms. The maximum absolute atomic E-state index is 12.8. The van der Waals surface area contributed by atoms with Gasteiger partial charge in [0.05, 0.1) is 6.10 Å². The molecule has 3 rings (SSSR count). The lowest BCUT2D eigenvalue weighted by Crippen LogP contribution is -2.39. The Labute approximate surface area is 170 Å². The number of aryl methyl sites for hydroxylation is 1. The standard InChI is InChI=1S/C21H23Cl2NO3/c1-15-11-18(23)8-9-20(15)27-14-21(25)24(13-19-3-2-10-26-19)12-16-4-6-17(22)7-5-16/h4-9,11,19H,2-3,10,12-14H2,1H3/t19-/m1/s1. The van der Waals surface area contributed by atoms with E-state index >= 15 is 0 Å². The van der Waals surface area contributed by atoms with E-state index in [1.807, 2.05) is 37.3 Å². The summed E-state index contributed by atoms with van der Waals surface area (Å²) in [6.07, 6.45) is 2.09. The molecule has 0 unspecified atom stereocenters. The number of rotatable bonds is 7. The molecule has 2 aromatic carbocycles. The second-order valence-electron chi connectivity index (χ2n) is 6.73. The number of hydrogen-bond donors (Lipinski definition) is 0. The van der Waals surface area contributed by atoms with Gasteiger partial charge in [-0.1, -0.05) is 35.3 Å². The SMILES string of the molecule is Cc1cc(Cl)ccc1OCC(=O)N(Cc1ccc(Cl)cc1)C[C@H]1CCCO1. The number of carbonyl (C=O) groups is 1. The number of carbonyl (C=O) groups excluding carboxylic acids is 1. The fraction of sp³-hybridized carbons (Fsp3) is 0.381. The van der Waals surface area contributed by atoms with Crippen LogP contribution in [-0.2, 0) is 16.1 Å². The first-order chi connectivity index (χ1) is 13.0. The van der Waals surface area contributed by atoms with E-state index in [2.05, 4.69) is 0 Å². The summed E-state index contributed by atoms with van der Waals surface area (Å²) < 4.78 is 11.5. The molecule has 0 N–H and O–H groups in total. The van der Waals surface area contributed by atoms with E-state index in [-0.39, 0.29) is 18.6 Å². The second-order valence-corrected chi connectivity index (χ2v) is 7.61. The second kappa shape index (κ2) is 9.45. The van der Waals surface area contributed by atoms with Gasteiger partial charge in [0.2, 0.25) is 0 Å². The average Bonchev–Trinajstić information content (AvgIpc) is 3.15. The van der Waals surface area contributed by atoms with Gasteiger partial charge in [-0.25, -0.2) is 0 Å². The third kappa shape index (κ3) is 5.86. The summed E-state index contributed by atoms with van der Waals surface area (Å²) in [6.45, 7) is 3.70. The minimum Gasteiger partial charge on any atom is -0.483 e. The predicted octanol–water partition coefficient (Wildman–Crippen LogP) is 4.89. The first-order valence-electron chi connectivity index (χ1n) is 9.04. The molecule has 6 heteroatoms. The highest BCUT2D eigenvalue weighted by molar-refractivity contribution is 6.30. The lowest BCUT2D eigenvalue weighted by Gasteiger charge is -2.26. The van der Waals surface area contributed by atoms with E-state index in [1.54, 1.807) is 17.0 Å². The van der Waals surface area contributed by atoms with Gasteiger partial charge in [0.1, 0.15) is 5.75 Å². The zero-order chi connectivity index (χ0) is 19.2. The summed E-state index contributed by atoms with van der Waals surface area (Å²) in [5.41, 5.74) is 1.92. The van der Waals surface area contributed by atoms with Gasteiger partial charge in [0.15, 0.2) is 6.61 Å². The molecule has 1 heterocycles. The third-order valence-electron chi connectivity index (χ3n) is 4.58. The molecule has 4 nitrogen and oxygen atoms in total. The Kier molecular flexibility index (Phi) is 7.00. The van der Waals surface area contributed by atoms with Gasteiger partial charge in [0.25, 0.3) is 5.91 Å². The topological polar surface area (TPSA) is 38.8 Å². The van der Waals surface area contributed by atoms with Crippen LogP contribution in [0.3, 0.4) is 0 Å². The smallest absolute Gasteiger partial charge is 0.260 e. The van der Waals surface area contributed by atoms with Gasteiger partial charge >= 0.3 is 0 Å². The summed E-state index contributed by atoms with van der Waals surface area (Å²) in [5, 5.41) is 1.33. The molecule has 1 aliphatic rings. The summed E-state index contributed by atoms with van der Waals surface area (Å²) in [5.74, 6) is 0.589. The highest BCUT2D eigenvalue weighted by Gasteiger charge is 2.23. The van der Waals surface area contributed by atoms with Crippen LogP contribution in [0.15, 0.2) is 42.5 Å². The van der Waals surface area contributed by atoms with Crippen LogP contribution in [0.25, 0.3) is 0 Å². The molecule has 0 aromatic heterocycles. The Morgan fingerprint density at radius 2 is 1.93 bits per heavy atom. The van der Waals surface area contributed by atoms with Crippen molar-refractivity contribution < 1.29 is 14.3 Å². The van der Waals surface area contributed by atoms with E-state index in [0.29, 0.717) is 28.9 Å². The van der Waals surface area contributed by atoms with Gasteiger partial charge in [-0.15, -0.1) is 0 Å². The van der Waals surface area contributed by atoms with Crippen molar-refractivity contribution in [1.29, 1.82) is 0 Å². The first-order valence-corrected chi connectivity index (χ1v) is 9.79. The quantitative estimate of drug-likeness (QED) is 0.655. The van der Waals surface area contributed by atoms with Crippen molar-refractivity contribution in [2.45, 2.75) is 32.4 Å². The molecule has 2 aromatic rings. The number of amides is 1. The van der Waals surface area contributed by atoms with Gasteiger partial charge in [-0.05, 0) is 61.2 Å². The molecule has 1 amide bonds. The van der Waals surface area contributed by atoms with Crippen molar-refractivity contribution in [3.8, 4) is 5.75 Å². The summed E-state index contributed by atoms with van der Waals surface area (Å²) in [4.78, 5) is 14.6. The van der Waals surface area contributed by atoms with Crippen molar-refractivity contribution in [3.63, 3.8) is 0 Å². The number of ether oxygens (including phenoxy) is 2. The van der Waals surface area contributed by atoms with Crippen molar-refractivity contribution in [2.75, 3.05) is 19.8 Å². The van der Waals surface area contributed by atoms with Crippen LogP contribution in [0.4, 0.5) is 0 Å². The average molecular weight is 408 g/mol. The Hall–Kier alpha value is -1.75. The molecule has 1 atom stereocenters. The van der Waals surface area contributed by atoms with Crippen LogP contribution < -0.4 is 4.74 Å². The molecular weight excluding hydrogens is 385 g/mol. The van der Waals surface area contributed by atoms with Gasteiger partial charge < -0.3 is 14.4 Å². The van der Waals surface area contributed by atoms with Crippen molar-refractivity contribution in [1.82, 2.24) is 4.90 Å². The fourth-order valence-electron chi connectivity index (χ4n) is 3.10. The fourth-order valence-corrected chi connectivity index (χ4v) is 3.46. The highest BCUT2D eigenvalue weighted by atomic mass is 35.5. The number of halogens is 2. The van der Waals surface area contributed by atoms with Gasteiger partial charge in [-0.3, -0.25) is 4.79 Å². The molecule has 1 aliphatic heterocycles. The molecule has 144 valence electrons. The Morgan fingerprint density at radius 1 is 1.19 bits per heavy atom. The minimum atomic E-state index is -0.0743. The predicted molar refractivity (Wildman–Crippen MR) is 108 cm³/mol. The van der Waals surface area contributed by atoms with E-state index in [1.165, 1.54) is 0 Å². The van der Waals surface area contributed by atoms with E-state index in [9.17, 15) is 4.79 Å². The van der Waals surface area contributed by atoms with Crippen molar-refractivity contribution >= 4 is 29.1 Å². The van der Waals surface area contributed by atoms with Gasteiger partial charge in [0, 0.05) is 29.7 Å². The number of benzene rings is 2. The summed E-state index contributed by atoms with van der Waals surface area (Å²) in [7, 11) is 0. The molecular formula is C21H23Cl2NO3. The van der Waals surface area contributed by atoms with E-state index in [4.69, 9.17) is 32.7 Å². The van der Waals surface area contributed by atoms with E-state index in [0.717, 1.165) is 30.6 Å². The Morgan fingerprint density at radius 3 is 2.59 bits per heavy atom. The van der Waals surface area contributed by atoms with Crippen LogP contribution in [0.1, 0.15) is 24.0 Å². The Balaban J connectivity index is 1.66. The molecule has 0 saturated carbocycles. The minimum absolute atomic E-state index is 0.0250. The third-order valence-corrected chi connectivity index (χ3v) is 5.06. The molecule has 1 saturated heterocycles. The maximum Gasteiger partial charge on any atom is 0.260 e. The molecule has 0 spiro atoms. The largest absolute Gasteiger partial charge is 0.483 e. The van der Waals surface area contributed by atoms with E-state index < -0.39 is 0 Å². The Bertz CT molecular complexity index is 773. The van der Waals surface area contributed by atoms with Crippen LogP contribution in [0, 0.1) is 6.92 Å². The highest BCUT2D eigenvalue weighted by Crippen LogP contribution is 2.22. The maximum atomic E-state index is 12.8. The van der Waals surface area contributed by atoms with Crippen LogP contribution in [0.5, 0.6) is 5.75 Å². The lowest BCUT2D eigenvalue weighted by atomic mass is 10.2. The van der Waals surface area contributed by atoms with Gasteiger partial charge in [-0.2, -0.15) is 0 Å². The first kappa shape index (κ1) is 20.0. The van der Waals surface area contributed by atoms with Crippen molar-refractivity contribution in [3.05, 3.63) is 63.6 Å². The number of nitrogens with zero attached hydrogens (tertiary/aromatic N) is 1. The zero-order valence-corrected chi connectivity index (χ0v) is 16.8. The van der Waals surface area contributed by atoms with Crippen LogP contribution >= 0.6 is 23.2 Å². The monoisotopic (exact) mass is 407 g/mol. The van der Waals surface area contributed by atoms with Crippen molar-refractivity contribution in [2.24, 2.45) is 0 Å². The van der Waals surface area contributed by atoms with Crippen LogP contribution in [-0.4, -0.2) is 36.7 Å². The van der Waals surface area contributed by atoms with Crippen LogP contribution in [0.2, 0.25) is 10.0 Å². The normalized spacial score (nSPS) is 16.3. The number of hydrogen-bond acceptors (Lipinski definition) is 3. The molecule has 1 fully saturated rings. The molecule has 0 radical (unpaired) electrons. The zero-order valence-electron chi connectivity index (χ0n) is 15.3. The molecule has 27 heavy (non-hydrogen) atoms.